The summed E-state index contributed by atoms with van der Waals surface area (Å²) in [7, 11) is 4.71. The molecule has 1 N–H and O–H groups in total. The normalized spacial score (nSPS) is 15.8. The zero-order valence-corrected chi connectivity index (χ0v) is 17.0. The molecule has 6 heteroatoms. The van der Waals surface area contributed by atoms with Crippen LogP contribution in [0.5, 0.6) is 11.5 Å². The fourth-order valence-electron chi connectivity index (χ4n) is 4.31. The lowest BCUT2D eigenvalue weighted by Gasteiger charge is -2.37. The Bertz CT molecular complexity index is 1030. The zero-order valence-electron chi connectivity index (χ0n) is 17.0. The quantitative estimate of drug-likeness (QED) is 0.693. The van der Waals surface area contributed by atoms with Crippen LogP contribution in [0.2, 0.25) is 0 Å². The Morgan fingerprint density at radius 3 is 2.66 bits per heavy atom. The van der Waals surface area contributed by atoms with Crippen molar-refractivity contribution in [3.05, 3.63) is 59.3 Å². The maximum Gasteiger partial charge on any atom is 0.410 e. The molecule has 1 aliphatic heterocycles. The van der Waals surface area contributed by atoms with Crippen molar-refractivity contribution in [1.82, 2.24) is 9.88 Å². The molecule has 0 unspecified atom stereocenters. The molecule has 1 aliphatic rings. The maximum absolute atomic E-state index is 12.5. The van der Waals surface area contributed by atoms with Crippen LogP contribution in [-0.4, -0.2) is 43.9 Å². The number of para-hydroxylation sites is 1. The number of carbonyl (C=O) groups excluding carboxylic acids is 1. The Labute approximate surface area is 170 Å². The molecule has 0 saturated carbocycles. The number of aromatic amines is 1. The number of aromatic nitrogens is 1. The second kappa shape index (κ2) is 8.07. The van der Waals surface area contributed by atoms with Crippen molar-refractivity contribution in [3.63, 3.8) is 0 Å². The zero-order chi connectivity index (χ0) is 20.4. The van der Waals surface area contributed by atoms with E-state index in [1.54, 1.807) is 14.2 Å². The molecule has 0 radical (unpaired) electrons. The lowest BCUT2D eigenvalue weighted by atomic mass is 9.88. The number of benzene rings is 2. The van der Waals surface area contributed by atoms with E-state index in [0.29, 0.717) is 18.0 Å². The number of hydrogen-bond donors (Lipinski definition) is 1. The highest BCUT2D eigenvalue weighted by molar-refractivity contribution is 5.83. The summed E-state index contributed by atoms with van der Waals surface area (Å²) < 4.78 is 16.1. The first-order valence-electron chi connectivity index (χ1n) is 9.80. The molecule has 152 valence electrons. The summed E-state index contributed by atoms with van der Waals surface area (Å²) in [5.41, 5.74) is 4.66. The van der Waals surface area contributed by atoms with Gasteiger partial charge in [-0.05, 0) is 54.2 Å². The van der Waals surface area contributed by atoms with Crippen LogP contribution in [0, 0.1) is 0 Å². The van der Waals surface area contributed by atoms with Crippen molar-refractivity contribution in [2.24, 2.45) is 0 Å². The molecule has 6 nitrogen and oxygen atoms in total. The highest BCUT2D eigenvalue weighted by Gasteiger charge is 2.32. The first-order valence-corrected chi connectivity index (χ1v) is 9.80. The van der Waals surface area contributed by atoms with Crippen LogP contribution in [0.1, 0.15) is 29.2 Å². The monoisotopic (exact) mass is 394 g/mol. The van der Waals surface area contributed by atoms with Gasteiger partial charge in [-0.15, -0.1) is 0 Å². The highest BCUT2D eigenvalue weighted by Crippen LogP contribution is 2.40. The third-order valence-corrected chi connectivity index (χ3v) is 5.77. The van der Waals surface area contributed by atoms with E-state index < -0.39 is 0 Å². The Balaban J connectivity index is 1.68. The van der Waals surface area contributed by atoms with Gasteiger partial charge in [-0.25, -0.2) is 4.79 Å². The second-order valence-corrected chi connectivity index (χ2v) is 7.23. The van der Waals surface area contributed by atoms with Crippen LogP contribution in [0.4, 0.5) is 4.79 Å². The molecule has 0 aliphatic carbocycles. The number of nitrogens with zero attached hydrogens (tertiary/aromatic N) is 1. The Hall–Kier alpha value is -3.15. The molecule has 3 aromatic rings. The predicted molar refractivity (Wildman–Crippen MR) is 112 cm³/mol. The number of hydrogen-bond acceptors (Lipinski definition) is 4. The Morgan fingerprint density at radius 2 is 1.90 bits per heavy atom. The van der Waals surface area contributed by atoms with Crippen molar-refractivity contribution in [2.75, 3.05) is 27.9 Å². The van der Waals surface area contributed by atoms with E-state index in [1.165, 1.54) is 23.6 Å². The molecular formula is C23H26N2O4. The van der Waals surface area contributed by atoms with Gasteiger partial charge in [0.15, 0.2) is 11.5 Å². The molecular weight excluding hydrogens is 368 g/mol. The predicted octanol–water partition coefficient (Wildman–Crippen LogP) is 4.48. The highest BCUT2D eigenvalue weighted by atomic mass is 16.5. The molecule has 0 spiro atoms. The van der Waals surface area contributed by atoms with E-state index in [2.05, 4.69) is 23.3 Å². The van der Waals surface area contributed by atoms with E-state index in [9.17, 15) is 4.79 Å². The average molecular weight is 394 g/mol. The van der Waals surface area contributed by atoms with Crippen LogP contribution in [0.15, 0.2) is 42.6 Å². The number of H-pyrrole nitrogens is 1. The Morgan fingerprint density at radius 1 is 1.14 bits per heavy atom. The van der Waals surface area contributed by atoms with Crippen LogP contribution in [0.25, 0.3) is 10.9 Å². The summed E-state index contributed by atoms with van der Waals surface area (Å²) in [5.74, 6) is 1.39. The molecule has 1 aromatic heterocycles. The summed E-state index contributed by atoms with van der Waals surface area (Å²) in [6.45, 7) is 0.619. The van der Waals surface area contributed by atoms with Crippen LogP contribution in [0.3, 0.4) is 0 Å². The maximum atomic E-state index is 12.5. The number of amides is 1. The largest absolute Gasteiger partial charge is 0.493 e. The molecule has 0 saturated heterocycles. The molecule has 0 bridgehead atoms. The second-order valence-electron chi connectivity index (χ2n) is 7.23. The molecule has 1 atom stereocenters. The van der Waals surface area contributed by atoms with Crippen molar-refractivity contribution in [3.8, 4) is 11.5 Å². The number of nitrogens with one attached hydrogen (secondary N) is 1. The number of ether oxygens (including phenoxy) is 3. The molecule has 2 heterocycles. The summed E-state index contributed by atoms with van der Waals surface area (Å²) in [4.78, 5) is 17.6. The number of fused-ring (bicyclic) bond motifs is 2. The van der Waals surface area contributed by atoms with Gasteiger partial charge in [0, 0.05) is 23.6 Å². The average Bonchev–Trinajstić information content (AvgIpc) is 3.18. The van der Waals surface area contributed by atoms with Gasteiger partial charge in [-0.3, -0.25) is 0 Å². The van der Waals surface area contributed by atoms with E-state index in [-0.39, 0.29) is 12.1 Å². The van der Waals surface area contributed by atoms with Gasteiger partial charge in [-0.1, -0.05) is 18.2 Å². The van der Waals surface area contributed by atoms with Crippen LogP contribution >= 0.6 is 0 Å². The number of methoxy groups -OCH3 is 3. The smallest absolute Gasteiger partial charge is 0.410 e. The van der Waals surface area contributed by atoms with E-state index in [0.717, 1.165) is 30.3 Å². The standard InChI is InChI=1S/C23H26N2O4/c1-27-21-12-15-10-11-25(23(26)29-3)20(18(15)13-22(21)28-2)9-8-16-14-24-19-7-5-4-6-17(16)19/h4-7,12-14,20,24H,8-11H2,1-3H3/t20-/m0/s1. The van der Waals surface area contributed by atoms with E-state index in [4.69, 9.17) is 14.2 Å². The lowest BCUT2D eigenvalue weighted by Crippen LogP contribution is -2.40. The minimum atomic E-state index is -0.297. The fraction of sp³-hybridized carbons (Fsp3) is 0.348. The van der Waals surface area contributed by atoms with Gasteiger partial charge in [0.05, 0.1) is 27.4 Å². The number of rotatable bonds is 5. The summed E-state index contributed by atoms with van der Waals surface area (Å²) in [6, 6.07) is 12.2. The molecule has 4 rings (SSSR count). The minimum absolute atomic E-state index is 0.0836. The summed E-state index contributed by atoms with van der Waals surface area (Å²) >= 11 is 0. The lowest BCUT2D eigenvalue weighted by molar-refractivity contribution is 0.0982. The van der Waals surface area contributed by atoms with E-state index in [1.807, 2.05) is 29.2 Å². The van der Waals surface area contributed by atoms with Gasteiger partial charge < -0.3 is 24.1 Å². The van der Waals surface area contributed by atoms with Crippen molar-refractivity contribution in [1.29, 1.82) is 0 Å². The Kier molecular flexibility index (Phi) is 5.34. The molecule has 0 fully saturated rings. The molecule has 29 heavy (non-hydrogen) atoms. The van der Waals surface area contributed by atoms with Gasteiger partial charge >= 0.3 is 6.09 Å². The SMILES string of the molecule is COC(=O)N1CCc2cc(OC)c(OC)cc2[C@@H]1CCc1c[nH]c2ccccc12. The van der Waals surface area contributed by atoms with Gasteiger partial charge in [0.2, 0.25) is 0 Å². The van der Waals surface area contributed by atoms with Crippen molar-refractivity contribution in [2.45, 2.75) is 25.3 Å². The number of carbonyl (C=O) groups is 1. The third kappa shape index (κ3) is 3.50. The fourth-order valence-corrected chi connectivity index (χ4v) is 4.31. The summed E-state index contributed by atoms with van der Waals surface area (Å²) in [5, 5.41) is 1.22. The van der Waals surface area contributed by atoms with Gasteiger partial charge in [0.1, 0.15) is 0 Å². The first-order chi connectivity index (χ1) is 14.2. The number of aryl methyl sites for hydroxylation is 1. The third-order valence-electron chi connectivity index (χ3n) is 5.77. The van der Waals surface area contributed by atoms with Gasteiger partial charge in [-0.2, -0.15) is 0 Å². The molecule has 2 aromatic carbocycles. The van der Waals surface area contributed by atoms with Crippen molar-refractivity contribution < 1.29 is 19.0 Å². The minimum Gasteiger partial charge on any atom is -0.493 e. The van der Waals surface area contributed by atoms with Gasteiger partial charge in [0.25, 0.3) is 0 Å². The summed E-state index contributed by atoms with van der Waals surface area (Å²) in [6.07, 6.45) is 4.16. The first kappa shape index (κ1) is 19.2. The van der Waals surface area contributed by atoms with E-state index >= 15 is 0 Å². The molecule has 1 amide bonds. The van der Waals surface area contributed by atoms with Crippen LogP contribution < -0.4 is 9.47 Å². The van der Waals surface area contributed by atoms with Crippen LogP contribution in [-0.2, 0) is 17.6 Å². The topological polar surface area (TPSA) is 63.8 Å². The van der Waals surface area contributed by atoms with Crippen molar-refractivity contribution >= 4 is 17.0 Å².